The molecule has 0 saturated carbocycles. The Balaban J connectivity index is 2.12. The maximum atomic E-state index is 13.7. The van der Waals surface area contributed by atoms with Gasteiger partial charge in [-0.1, -0.05) is 12.1 Å². The third kappa shape index (κ3) is 3.02. The van der Waals surface area contributed by atoms with Gasteiger partial charge in [0.15, 0.2) is 11.6 Å². The Morgan fingerprint density at radius 3 is 2.58 bits per heavy atom. The first kappa shape index (κ1) is 13.3. The zero-order valence-corrected chi connectivity index (χ0v) is 10.7. The molecule has 100 valence electrons. The number of benzene rings is 2. The van der Waals surface area contributed by atoms with E-state index in [-0.39, 0.29) is 12.4 Å². The van der Waals surface area contributed by atoms with Gasteiger partial charge in [-0.05, 0) is 30.7 Å². The van der Waals surface area contributed by atoms with Crippen LogP contribution in [0.3, 0.4) is 0 Å². The van der Waals surface area contributed by atoms with E-state index in [4.69, 9.17) is 9.47 Å². The van der Waals surface area contributed by atoms with Crippen LogP contribution in [0.1, 0.15) is 11.1 Å². The van der Waals surface area contributed by atoms with Crippen LogP contribution < -0.4 is 9.47 Å². The van der Waals surface area contributed by atoms with Crippen LogP contribution in [0, 0.1) is 18.6 Å². The molecule has 0 aromatic heterocycles. The van der Waals surface area contributed by atoms with E-state index in [1.165, 1.54) is 19.2 Å². The second kappa shape index (κ2) is 5.69. The number of ether oxygens (including phenoxy) is 2. The van der Waals surface area contributed by atoms with Gasteiger partial charge >= 0.3 is 0 Å². The van der Waals surface area contributed by atoms with Gasteiger partial charge in [0.25, 0.3) is 0 Å². The van der Waals surface area contributed by atoms with Gasteiger partial charge < -0.3 is 9.47 Å². The second-order valence-corrected chi connectivity index (χ2v) is 4.13. The monoisotopic (exact) mass is 264 g/mol. The Bertz CT molecular complexity index is 582. The molecule has 0 aliphatic rings. The molecule has 0 saturated heterocycles. The Morgan fingerprint density at radius 2 is 1.89 bits per heavy atom. The predicted molar refractivity (Wildman–Crippen MR) is 68.4 cm³/mol. The summed E-state index contributed by atoms with van der Waals surface area (Å²) in [5.41, 5.74) is 0.842. The van der Waals surface area contributed by atoms with Crippen molar-refractivity contribution >= 4 is 0 Å². The summed E-state index contributed by atoms with van der Waals surface area (Å²) < 4.78 is 37.6. The quantitative estimate of drug-likeness (QED) is 0.834. The smallest absolute Gasteiger partial charge is 0.167 e. The number of halogens is 2. The third-order valence-electron chi connectivity index (χ3n) is 2.80. The van der Waals surface area contributed by atoms with Crippen LogP contribution >= 0.6 is 0 Å². The molecule has 0 radical (unpaired) electrons. The van der Waals surface area contributed by atoms with Gasteiger partial charge in [-0.25, -0.2) is 8.78 Å². The van der Waals surface area contributed by atoms with Crippen LogP contribution in [0.25, 0.3) is 0 Å². The molecular formula is C15H14F2O2. The average Bonchev–Trinajstić information content (AvgIpc) is 2.41. The van der Waals surface area contributed by atoms with E-state index in [2.05, 4.69) is 0 Å². The fraction of sp³-hybridized carbons (Fsp3) is 0.200. The molecule has 2 aromatic carbocycles. The minimum Gasteiger partial charge on any atom is -0.497 e. The first-order chi connectivity index (χ1) is 9.11. The summed E-state index contributed by atoms with van der Waals surface area (Å²) in [7, 11) is 1.47. The molecule has 0 bridgehead atoms. The number of hydrogen-bond donors (Lipinski definition) is 0. The summed E-state index contributed by atoms with van der Waals surface area (Å²) in [5, 5.41) is 0. The van der Waals surface area contributed by atoms with Crippen molar-refractivity contribution in [3.63, 3.8) is 0 Å². The Kier molecular flexibility index (Phi) is 4.00. The molecule has 0 unspecified atom stereocenters. The van der Waals surface area contributed by atoms with Gasteiger partial charge in [-0.3, -0.25) is 0 Å². The first-order valence-electron chi connectivity index (χ1n) is 5.82. The molecular weight excluding hydrogens is 250 g/mol. The predicted octanol–water partition coefficient (Wildman–Crippen LogP) is 3.86. The average molecular weight is 264 g/mol. The van der Waals surface area contributed by atoms with Gasteiger partial charge in [0.1, 0.15) is 18.2 Å². The van der Waals surface area contributed by atoms with Crippen molar-refractivity contribution in [2.45, 2.75) is 13.5 Å². The summed E-state index contributed by atoms with van der Waals surface area (Å²) in [6.07, 6.45) is 0. The van der Waals surface area contributed by atoms with Gasteiger partial charge in [0.2, 0.25) is 0 Å². The highest BCUT2D eigenvalue weighted by molar-refractivity contribution is 5.32. The number of aryl methyl sites for hydroxylation is 1. The van der Waals surface area contributed by atoms with Crippen LogP contribution in [0.15, 0.2) is 36.4 Å². The zero-order chi connectivity index (χ0) is 13.8. The lowest BCUT2D eigenvalue weighted by atomic mass is 10.2. The van der Waals surface area contributed by atoms with E-state index < -0.39 is 11.6 Å². The van der Waals surface area contributed by atoms with E-state index in [9.17, 15) is 8.78 Å². The maximum Gasteiger partial charge on any atom is 0.167 e. The molecule has 0 amide bonds. The van der Waals surface area contributed by atoms with Gasteiger partial charge in [0, 0.05) is 11.6 Å². The standard InChI is InChI=1S/C15H14F2O2/c1-10-4-3-5-14(15(10)17)19-9-11-6-7-12(18-2)8-13(11)16/h3-8H,9H2,1-2H3. The molecule has 2 nitrogen and oxygen atoms in total. The molecule has 0 heterocycles. The van der Waals surface area contributed by atoms with Crippen molar-refractivity contribution in [3.8, 4) is 11.5 Å². The van der Waals surface area contributed by atoms with Crippen molar-refractivity contribution in [3.05, 3.63) is 59.2 Å². The van der Waals surface area contributed by atoms with E-state index in [0.29, 0.717) is 16.9 Å². The lowest BCUT2D eigenvalue weighted by Crippen LogP contribution is -2.01. The van der Waals surface area contributed by atoms with Crippen molar-refractivity contribution in [1.82, 2.24) is 0 Å². The number of hydrogen-bond acceptors (Lipinski definition) is 2. The first-order valence-corrected chi connectivity index (χ1v) is 5.82. The SMILES string of the molecule is COc1ccc(COc2cccc(C)c2F)c(F)c1. The van der Waals surface area contributed by atoms with Gasteiger partial charge in [-0.15, -0.1) is 0 Å². The van der Waals surface area contributed by atoms with Gasteiger partial charge in [-0.2, -0.15) is 0 Å². The fourth-order valence-electron chi connectivity index (χ4n) is 1.66. The highest BCUT2D eigenvalue weighted by Gasteiger charge is 2.08. The molecule has 4 heteroatoms. The molecule has 0 atom stereocenters. The van der Waals surface area contributed by atoms with Crippen molar-refractivity contribution < 1.29 is 18.3 Å². The van der Waals surface area contributed by atoms with Crippen LogP contribution in [-0.4, -0.2) is 7.11 Å². The third-order valence-corrected chi connectivity index (χ3v) is 2.80. The summed E-state index contributed by atoms with van der Waals surface area (Å²) in [6.45, 7) is 1.62. The Labute approximate surface area is 110 Å². The van der Waals surface area contributed by atoms with Gasteiger partial charge in [0.05, 0.1) is 7.11 Å². The van der Waals surface area contributed by atoms with E-state index >= 15 is 0 Å². The molecule has 2 aromatic rings. The highest BCUT2D eigenvalue weighted by Crippen LogP contribution is 2.22. The fourth-order valence-corrected chi connectivity index (χ4v) is 1.66. The van der Waals surface area contributed by atoms with E-state index in [1.807, 2.05) is 0 Å². The zero-order valence-electron chi connectivity index (χ0n) is 10.7. The minimum absolute atomic E-state index is 0.0315. The number of methoxy groups -OCH3 is 1. The van der Waals surface area contributed by atoms with Crippen LogP contribution in [0.2, 0.25) is 0 Å². The summed E-state index contributed by atoms with van der Waals surface area (Å²) in [6, 6.07) is 9.32. The topological polar surface area (TPSA) is 18.5 Å². The minimum atomic E-state index is -0.438. The molecule has 0 fully saturated rings. The van der Waals surface area contributed by atoms with Crippen molar-refractivity contribution in [2.24, 2.45) is 0 Å². The van der Waals surface area contributed by atoms with E-state index in [0.717, 1.165) is 0 Å². The highest BCUT2D eigenvalue weighted by atomic mass is 19.1. The maximum absolute atomic E-state index is 13.7. The van der Waals surface area contributed by atoms with Crippen LogP contribution in [-0.2, 0) is 6.61 Å². The van der Waals surface area contributed by atoms with E-state index in [1.54, 1.807) is 31.2 Å². The molecule has 2 rings (SSSR count). The second-order valence-electron chi connectivity index (χ2n) is 4.13. The summed E-state index contributed by atoms with van der Waals surface area (Å²) in [4.78, 5) is 0. The Morgan fingerprint density at radius 1 is 1.11 bits per heavy atom. The van der Waals surface area contributed by atoms with Crippen LogP contribution in [0.4, 0.5) is 8.78 Å². The normalized spacial score (nSPS) is 10.3. The molecule has 19 heavy (non-hydrogen) atoms. The van der Waals surface area contributed by atoms with Crippen LogP contribution in [0.5, 0.6) is 11.5 Å². The summed E-state index contributed by atoms with van der Waals surface area (Å²) >= 11 is 0. The van der Waals surface area contributed by atoms with Crippen molar-refractivity contribution in [2.75, 3.05) is 7.11 Å². The number of rotatable bonds is 4. The lowest BCUT2D eigenvalue weighted by Gasteiger charge is -2.10. The molecule has 0 aliphatic carbocycles. The van der Waals surface area contributed by atoms with Crippen molar-refractivity contribution in [1.29, 1.82) is 0 Å². The summed E-state index contributed by atoms with van der Waals surface area (Å²) in [5.74, 6) is -0.304. The molecule has 0 N–H and O–H groups in total. The molecule has 0 aliphatic heterocycles. The Hall–Kier alpha value is -2.10. The lowest BCUT2D eigenvalue weighted by molar-refractivity contribution is 0.283. The largest absolute Gasteiger partial charge is 0.497 e. The molecule has 0 spiro atoms.